The van der Waals surface area contributed by atoms with Crippen molar-refractivity contribution in [2.24, 2.45) is 4.99 Å². The van der Waals surface area contributed by atoms with E-state index in [1.54, 1.807) is 7.05 Å². The maximum atomic E-state index is 11.8. The first kappa shape index (κ1) is 20.6. The number of carbonyl (C=O) groups excluding carboxylic acids is 1. The first-order valence-corrected chi connectivity index (χ1v) is 10.4. The Kier molecular flexibility index (Phi) is 7.68. The molecule has 0 aromatic heterocycles. The van der Waals surface area contributed by atoms with E-state index in [4.69, 9.17) is 9.73 Å². The van der Waals surface area contributed by atoms with Crippen molar-refractivity contribution in [2.75, 3.05) is 59.5 Å². The Labute approximate surface area is 168 Å². The molecule has 0 radical (unpaired) electrons. The number of guanidine groups is 1. The Morgan fingerprint density at radius 2 is 2.11 bits per heavy atom. The van der Waals surface area contributed by atoms with Crippen LogP contribution in [0.5, 0.6) is 0 Å². The number of amides is 1. The molecule has 1 aromatic rings. The van der Waals surface area contributed by atoms with Gasteiger partial charge in [0.15, 0.2) is 5.96 Å². The van der Waals surface area contributed by atoms with Crippen molar-refractivity contribution in [1.29, 1.82) is 0 Å². The Hall–Kier alpha value is -2.12. The number of morpholine rings is 1. The van der Waals surface area contributed by atoms with E-state index in [0.717, 1.165) is 63.9 Å². The van der Waals surface area contributed by atoms with Crippen LogP contribution in [0.4, 0.5) is 0 Å². The summed E-state index contributed by atoms with van der Waals surface area (Å²) in [4.78, 5) is 21.6. The summed E-state index contributed by atoms with van der Waals surface area (Å²) < 4.78 is 5.48. The Bertz CT molecular complexity index is 673. The first-order chi connectivity index (χ1) is 13.7. The highest BCUT2D eigenvalue weighted by atomic mass is 16.5. The number of likely N-dealkylation sites (tertiary alicyclic amines) is 1. The van der Waals surface area contributed by atoms with Gasteiger partial charge in [-0.1, -0.05) is 12.1 Å². The van der Waals surface area contributed by atoms with E-state index in [9.17, 15) is 4.79 Å². The molecule has 2 heterocycles. The van der Waals surface area contributed by atoms with Crippen LogP contribution in [0.2, 0.25) is 0 Å². The average Bonchev–Trinajstić information content (AvgIpc) is 3.23. The number of hydrogen-bond acceptors (Lipinski definition) is 4. The fourth-order valence-corrected chi connectivity index (χ4v) is 3.90. The van der Waals surface area contributed by atoms with Crippen LogP contribution in [0.25, 0.3) is 0 Å². The summed E-state index contributed by atoms with van der Waals surface area (Å²) in [5, 5.41) is 6.11. The maximum absolute atomic E-state index is 11.8. The van der Waals surface area contributed by atoms with Gasteiger partial charge >= 0.3 is 0 Å². The second-order valence-electron chi connectivity index (χ2n) is 7.30. The monoisotopic (exact) mass is 387 g/mol. The van der Waals surface area contributed by atoms with Gasteiger partial charge in [0.25, 0.3) is 5.91 Å². The second kappa shape index (κ2) is 10.4. The van der Waals surface area contributed by atoms with Gasteiger partial charge in [-0.3, -0.25) is 14.7 Å². The van der Waals surface area contributed by atoms with Crippen molar-refractivity contribution in [3.05, 3.63) is 35.4 Å². The predicted octanol–water partition coefficient (Wildman–Crippen LogP) is 0.961. The summed E-state index contributed by atoms with van der Waals surface area (Å²) in [7, 11) is 1.65. The molecule has 7 nitrogen and oxygen atoms in total. The van der Waals surface area contributed by atoms with Gasteiger partial charge in [-0.25, -0.2) is 0 Å². The van der Waals surface area contributed by atoms with E-state index in [0.29, 0.717) is 18.2 Å². The van der Waals surface area contributed by atoms with Crippen LogP contribution in [0, 0.1) is 0 Å². The third kappa shape index (κ3) is 5.45. The van der Waals surface area contributed by atoms with Crippen molar-refractivity contribution < 1.29 is 9.53 Å². The number of nitrogens with one attached hydrogen (secondary N) is 2. The normalized spacial score (nSPS) is 21.0. The van der Waals surface area contributed by atoms with Crippen LogP contribution in [-0.2, 0) is 11.2 Å². The molecule has 2 aliphatic heterocycles. The summed E-state index contributed by atoms with van der Waals surface area (Å²) in [5.41, 5.74) is 1.83. The lowest BCUT2D eigenvalue weighted by Gasteiger charge is -2.32. The highest BCUT2D eigenvalue weighted by Crippen LogP contribution is 2.17. The highest BCUT2D eigenvalue weighted by Gasteiger charge is 2.30. The molecule has 7 heteroatoms. The molecule has 1 aromatic carbocycles. The van der Waals surface area contributed by atoms with Gasteiger partial charge in [0.1, 0.15) is 0 Å². The molecule has 154 valence electrons. The summed E-state index contributed by atoms with van der Waals surface area (Å²) in [6.45, 7) is 9.51. The maximum Gasteiger partial charge on any atom is 0.251 e. The minimum atomic E-state index is -0.0510. The van der Waals surface area contributed by atoms with Crippen molar-refractivity contribution >= 4 is 11.9 Å². The minimum Gasteiger partial charge on any atom is -0.379 e. The molecule has 2 fully saturated rings. The lowest BCUT2D eigenvalue weighted by molar-refractivity contribution is 0.0195. The minimum absolute atomic E-state index is 0.0510. The predicted molar refractivity (Wildman–Crippen MR) is 112 cm³/mol. The number of benzene rings is 1. The van der Waals surface area contributed by atoms with Crippen LogP contribution >= 0.6 is 0 Å². The van der Waals surface area contributed by atoms with Crippen LogP contribution in [0.3, 0.4) is 0 Å². The van der Waals surface area contributed by atoms with Crippen LogP contribution in [0.1, 0.15) is 29.3 Å². The average molecular weight is 388 g/mol. The molecule has 1 atom stereocenters. The van der Waals surface area contributed by atoms with Gasteiger partial charge in [-0.05, 0) is 37.5 Å². The molecule has 2 saturated heterocycles. The molecule has 1 amide bonds. The summed E-state index contributed by atoms with van der Waals surface area (Å²) in [6, 6.07) is 8.37. The van der Waals surface area contributed by atoms with Crippen LogP contribution in [-0.4, -0.2) is 87.2 Å². The standard InChI is InChI=1S/C21H33N5O2/c1-3-23-21(26-10-8-19(16-26)25-11-13-28-14-12-25)24-9-7-17-5-4-6-18(15-17)20(27)22-2/h4-6,15,19H,3,7-14,16H2,1-2H3,(H,22,27)(H,23,24). The van der Waals surface area contributed by atoms with E-state index in [1.807, 2.05) is 18.2 Å². The molecule has 0 saturated carbocycles. The summed E-state index contributed by atoms with van der Waals surface area (Å²) in [5.74, 6) is 0.950. The van der Waals surface area contributed by atoms with Gasteiger partial charge in [0.2, 0.25) is 0 Å². The van der Waals surface area contributed by atoms with E-state index in [-0.39, 0.29) is 5.91 Å². The smallest absolute Gasteiger partial charge is 0.251 e. The third-order valence-corrected chi connectivity index (χ3v) is 5.44. The number of carbonyl (C=O) groups is 1. The van der Waals surface area contributed by atoms with Crippen LogP contribution in [0.15, 0.2) is 29.3 Å². The number of nitrogens with zero attached hydrogens (tertiary/aromatic N) is 3. The van der Waals surface area contributed by atoms with Crippen molar-refractivity contribution in [2.45, 2.75) is 25.8 Å². The number of hydrogen-bond donors (Lipinski definition) is 2. The quantitative estimate of drug-likeness (QED) is 0.562. The molecule has 1 unspecified atom stereocenters. The Morgan fingerprint density at radius 1 is 1.29 bits per heavy atom. The molecular formula is C21H33N5O2. The molecule has 0 aliphatic carbocycles. The van der Waals surface area contributed by atoms with Crippen molar-refractivity contribution in [3.8, 4) is 0 Å². The SMILES string of the molecule is CCNC(=NCCc1cccc(C(=O)NC)c1)N1CCC(N2CCOCC2)C1. The highest BCUT2D eigenvalue weighted by molar-refractivity contribution is 5.94. The van der Waals surface area contributed by atoms with E-state index < -0.39 is 0 Å². The Morgan fingerprint density at radius 3 is 2.86 bits per heavy atom. The largest absolute Gasteiger partial charge is 0.379 e. The van der Waals surface area contributed by atoms with E-state index in [2.05, 4.69) is 33.4 Å². The first-order valence-electron chi connectivity index (χ1n) is 10.4. The van der Waals surface area contributed by atoms with E-state index in [1.165, 1.54) is 6.42 Å². The lowest BCUT2D eigenvalue weighted by atomic mass is 10.1. The number of ether oxygens (including phenoxy) is 1. The molecule has 28 heavy (non-hydrogen) atoms. The topological polar surface area (TPSA) is 69.2 Å². The lowest BCUT2D eigenvalue weighted by Crippen LogP contribution is -2.46. The number of rotatable bonds is 6. The fourth-order valence-electron chi connectivity index (χ4n) is 3.90. The zero-order chi connectivity index (χ0) is 19.8. The van der Waals surface area contributed by atoms with E-state index >= 15 is 0 Å². The van der Waals surface area contributed by atoms with Gasteiger partial charge in [0, 0.05) is 57.9 Å². The molecule has 2 aliphatic rings. The third-order valence-electron chi connectivity index (χ3n) is 5.44. The fraction of sp³-hybridized carbons (Fsp3) is 0.619. The summed E-state index contributed by atoms with van der Waals surface area (Å²) >= 11 is 0. The zero-order valence-electron chi connectivity index (χ0n) is 17.1. The van der Waals surface area contributed by atoms with Gasteiger partial charge in [-0.15, -0.1) is 0 Å². The zero-order valence-corrected chi connectivity index (χ0v) is 17.1. The molecule has 2 N–H and O–H groups in total. The Balaban J connectivity index is 1.56. The molecule has 0 spiro atoms. The van der Waals surface area contributed by atoms with Gasteiger partial charge < -0.3 is 20.3 Å². The van der Waals surface area contributed by atoms with Gasteiger partial charge in [0.05, 0.1) is 13.2 Å². The van der Waals surface area contributed by atoms with Crippen molar-refractivity contribution in [3.63, 3.8) is 0 Å². The molecule has 0 bridgehead atoms. The molecular weight excluding hydrogens is 354 g/mol. The van der Waals surface area contributed by atoms with Crippen molar-refractivity contribution in [1.82, 2.24) is 20.4 Å². The number of aliphatic imine (C=N–C) groups is 1. The van der Waals surface area contributed by atoms with Crippen LogP contribution < -0.4 is 10.6 Å². The molecule has 3 rings (SSSR count). The van der Waals surface area contributed by atoms with Gasteiger partial charge in [-0.2, -0.15) is 0 Å². The summed E-state index contributed by atoms with van der Waals surface area (Å²) in [6.07, 6.45) is 2.00. The second-order valence-corrected chi connectivity index (χ2v) is 7.30.